The normalized spacial score (nSPS) is 12.7. The van der Waals surface area contributed by atoms with Crippen molar-refractivity contribution in [2.45, 2.75) is 6.92 Å². The van der Waals surface area contributed by atoms with Gasteiger partial charge >= 0.3 is 5.97 Å². The first-order valence-corrected chi connectivity index (χ1v) is 5.00. The van der Waals surface area contributed by atoms with Crippen molar-refractivity contribution in [3.63, 3.8) is 0 Å². The first-order valence-electron chi connectivity index (χ1n) is 3.69. The van der Waals surface area contributed by atoms with Gasteiger partial charge in [-0.25, -0.2) is 4.79 Å². The number of aromatic nitrogens is 2. The Morgan fingerprint density at radius 2 is 2.57 bits per heavy atom. The first-order chi connectivity index (χ1) is 6.65. The number of nitrogens with zero attached hydrogens (tertiary/aromatic N) is 3. The fraction of sp³-hybridized carbons (Fsp3) is 0.333. The van der Waals surface area contributed by atoms with Gasteiger partial charge in [-0.1, -0.05) is 5.16 Å². The van der Waals surface area contributed by atoms with Crippen molar-refractivity contribution < 1.29 is 14.7 Å². The van der Waals surface area contributed by atoms with Crippen LogP contribution in [0.2, 0.25) is 0 Å². The van der Waals surface area contributed by atoms with Gasteiger partial charge in [0.25, 0.3) is 11.3 Å². The van der Waals surface area contributed by atoms with Crippen molar-refractivity contribution in [3.8, 4) is 0 Å². The zero-order valence-corrected chi connectivity index (χ0v) is 8.19. The van der Waals surface area contributed by atoms with Gasteiger partial charge < -0.3 is 9.94 Å². The summed E-state index contributed by atoms with van der Waals surface area (Å²) in [7, 11) is -0.849. The molecule has 0 aromatic carbocycles. The Balaban J connectivity index is 2.94. The third-order valence-corrected chi connectivity index (χ3v) is 1.88. The van der Waals surface area contributed by atoms with Crippen molar-refractivity contribution in [3.05, 3.63) is 11.3 Å². The molecule has 1 atom stereocenters. The van der Waals surface area contributed by atoms with E-state index in [2.05, 4.69) is 19.4 Å². The van der Waals surface area contributed by atoms with Crippen molar-refractivity contribution >= 4 is 22.5 Å². The molecule has 14 heavy (non-hydrogen) atoms. The standard InChI is InChI=1S/C6H8N4O3S/c1-2-13-9-4(6(11)12)5-8-3-14(7)10-5/h3,7H,2H2,1H3,(H,11,12)/p+1. The van der Waals surface area contributed by atoms with E-state index in [9.17, 15) is 4.79 Å². The molecule has 0 saturated heterocycles. The summed E-state index contributed by atoms with van der Waals surface area (Å²) in [4.78, 5) is 19.0. The Labute approximate surface area is 82.5 Å². The molecule has 0 fully saturated rings. The van der Waals surface area contributed by atoms with E-state index in [0.717, 1.165) is 0 Å². The summed E-state index contributed by atoms with van der Waals surface area (Å²) in [5.74, 6) is -1.25. The van der Waals surface area contributed by atoms with E-state index < -0.39 is 16.8 Å². The van der Waals surface area contributed by atoms with Gasteiger partial charge in [0, 0.05) is 4.37 Å². The van der Waals surface area contributed by atoms with Crippen molar-refractivity contribution in [2.24, 2.45) is 5.16 Å². The summed E-state index contributed by atoms with van der Waals surface area (Å²) < 4.78 is 3.77. The number of carboxylic acids is 1. The van der Waals surface area contributed by atoms with Crippen LogP contribution in [0.5, 0.6) is 0 Å². The largest absolute Gasteiger partial charge is 0.476 e. The fourth-order valence-electron chi connectivity index (χ4n) is 0.660. The molecule has 3 N–H and O–H groups in total. The highest BCUT2D eigenvalue weighted by Crippen LogP contribution is 2.04. The molecule has 7 nitrogen and oxygen atoms in total. The number of aliphatic carboxylic acids is 1. The quantitative estimate of drug-likeness (QED) is 0.409. The number of carboxylic acid groups (broad SMARTS) is 1. The number of nitrogens with two attached hydrogens (primary N) is 1. The van der Waals surface area contributed by atoms with Gasteiger partial charge in [0.1, 0.15) is 6.61 Å². The molecule has 1 heterocycles. The molecule has 0 spiro atoms. The lowest BCUT2D eigenvalue weighted by molar-refractivity contribution is -0.129. The minimum absolute atomic E-state index is 0.00298. The smallest absolute Gasteiger partial charge is 0.362 e. The Kier molecular flexibility index (Phi) is 3.48. The molecular weight excluding hydrogens is 208 g/mol. The molecule has 0 aliphatic heterocycles. The predicted octanol–water partition coefficient (Wildman–Crippen LogP) is -0.235. The van der Waals surface area contributed by atoms with Crippen LogP contribution in [-0.2, 0) is 9.63 Å². The van der Waals surface area contributed by atoms with E-state index in [4.69, 9.17) is 10.2 Å². The molecular formula is C6H9N4O3S+. The van der Waals surface area contributed by atoms with Crippen LogP contribution in [0.3, 0.4) is 0 Å². The highest BCUT2D eigenvalue weighted by molar-refractivity contribution is 7.24. The van der Waals surface area contributed by atoms with Crippen LogP contribution in [0, 0.1) is 0 Å². The lowest BCUT2D eigenvalue weighted by Gasteiger charge is -1.94. The molecule has 0 saturated carbocycles. The van der Waals surface area contributed by atoms with Crippen molar-refractivity contribution in [1.29, 1.82) is 0 Å². The number of carbonyl (C=O) groups is 1. The topological polar surface area (TPSA) is 111 Å². The minimum atomic E-state index is -1.24. The van der Waals surface area contributed by atoms with E-state index in [-0.39, 0.29) is 18.1 Å². The maximum Gasteiger partial charge on any atom is 0.362 e. The first kappa shape index (κ1) is 10.5. The highest BCUT2D eigenvalue weighted by atomic mass is 32.2. The number of nitrogen functional groups attached to an aromatic ring is 1. The fourth-order valence-corrected chi connectivity index (χ4v) is 1.25. The molecule has 1 aromatic rings. The van der Waals surface area contributed by atoms with Crippen molar-refractivity contribution in [1.82, 2.24) is 9.36 Å². The third kappa shape index (κ3) is 2.47. The second kappa shape index (κ2) is 4.63. The van der Waals surface area contributed by atoms with Crippen LogP contribution in [0.1, 0.15) is 12.7 Å². The lowest BCUT2D eigenvalue weighted by Crippen LogP contribution is -2.16. The van der Waals surface area contributed by atoms with E-state index in [0.29, 0.717) is 0 Å². The summed E-state index contributed by atoms with van der Waals surface area (Å²) in [6.07, 6.45) is 0. The summed E-state index contributed by atoms with van der Waals surface area (Å²) in [6, 6.07) is 0. The minimum Gasteiger partial charge on any atom is -0.476 e. The third-order valence-electron chi connectivity index (χ3n) is 1.17. The molecule has 0 aliphatic rings. The number of oxime groups is 1. The van der Waals surface area contributed by atoms with E-state index in [1.807, 2.05) is 0 Å². The molecule has 8 heteroatoms. The van der Waals surface area contributed by atoms with E-state index in [1.165, 1.54) is 5.51 Å². The van der Waals surface area contributed by atoms with Crippen LogP contribution < -0.4 is 5.14 Å². The SMILES string of the molecule is CCON=C(C(=O)O)c1nc[s+](N)n1. The monoisotopic (exact) mass is 217 g/mol. The van der Waals surface area contributed by atoms with E-state index in [1.54, 1.807) is 6.92 Å². The Morgan fingerprint density at radius 3 is 3.00 bits per heavy atom. The average Bonchev–Trinajstić information content (AvgIpc) is 2.52. The number of hydrogen-bond donors (Lipinski definition) is 2. The number of hydrogen-bond acceptors (Lipinski definition) is 6. The van der Waals surface area contributed by atoms with Gasteiger partial charge in [-0.15, -0.1) is 5.14 Å². The molecule has 0 aliphatic carbocycles. The maximum absolute atomic E-state index is 10.7. The van der Waals surface area contributed by atoms with Gasteiger partial charge in [-0.2, -0.15) is 4.98 Å². The van der Waals surface area contributed by atoms with Crippen LogP contribution >= 0.6 is 10.9 Å². The van der Waals surface area contributed by atoms with Crippen LogP contribution in [-0.4, -0.2) is 32.8 Å². The van der Waals surface area contributed by atoms with Crippen LogP contribution in [0.25, 0.3) is 0 Å². The van der Waals surface area contributed by atoms with Crippen LogP contribution in [0.15, 0.2) is 10.7 Å². The molecule has 1 unspecified atom stereocenters. The average molecular weight is 217 g/mol. The summed E-state index contributed by atoms with van der Waals surface area (Å²) in [6.45, 7) is 1.97. The number of rotatable bonds is 4. The molecule has 1 aromatic heterocycles. The highest BCUT2D eigenvalue weighted by Gasteiger charge is 2.22. The lowest BCUT2D eigenvalue weighted by atomic mass is 10.4. The second-order valence-electron chi connectivity index (χ2n) is 2.16. The maximum atomic E-state index is 10.7. The van der Waals surface area contributed by atoms with E-state index >= 15 is 0 Å². The molecule has 0 amide bonds. The van der Waals surface area contributed by atoms with Gasteiger partial charge in [0.05, 0.1) is 0 Å². The van der Waals surface area contributed by atoms with Gasteiger partial charge in [0.2, 0.25) is 16.6 Å². The Bertz CT molecular complexity index is 362. The summed E-state index contributed by atoms with van der Waals surface area (Å²) >= 11 is 0. The second-order valence-corrected chi connectivity index (χ2v) is 3.25. The van der Waals surface area contributed by atoms with Crippen molar-refractivity contribution in [2.75, 3.05) is 11.7 Å². The molecule has 0 bridgehead atoms. The molecule has 76 valence electrons. The van der Waals surface area contributed by atoms with Gasteiger partial charge in [-0.3, -0.25) is 0 Å². The molecule has 1 rings (SSSR count). The summed E-state index contributed by atoms with van der Waals surface area (Å²) in [5, 5.41) is 17.5. The Hall–Kier alpha value is -1.54. The predicted molar refractivity (Wildman–Crippen MR) is 50.5 cm³/mol. The Morgan fingerprint density at radius 1 is 1.86 bits per heavy atom. The van der Waals surface area contributed by atoms with Crippen LogP contribution in [0.4, 0.5) is 0 Å². The molecule has 0 radical (unpaired) electrons. The summed E-state index contributed by atoms with van der Waals surface area (Å²) in [5.41, 5.74) is 1.03. The zero-order chi connectivity index (χ0) is 10.6. The van der Waals surface area contributed by atoms with Gasteiger partial charge in [-0.05, 0) is 6.92 Å². The van der Waals surface area contributed by atoms with Gasteiger partial charge in [0.15, 0.2) is 0 Å². The zero-order valence-electron chi connectivity index (χ0n) is 7.38.